The number of benzene rings is 1. The molecule has 2 rings (SSSR count). The SMILES string of the molecule is CCC(CC)C(=O)NCC(=O)N1CCN(c2ccccc2)CC1. The van der Waals surface area contributed by atoms with E-state index in [4.69, 9.17) is 0 Å². The molecule has 126 valence electrons. The molecule has 1 aromatic carbocycles. The van der Waals surface area contributed by atoms with Gasteiger partial charge in [0.05, 0.1) is 6.54 Å². The standard InChI is InChI=1S/C18H27N3O2/c1-3-15(4-2)18(23)19-14-17(22)21-12-10-20(11-13-21)16-8-6-5-7-9-16/h5-9,15H,3-4,10-14H2,1-2H3,(H,19,23). The highest BCUT2D eigenvalue weighted by Crippen LogP contribution is 2.15. The first-order chi connectivity index (χ1) is 11.2. The second kappa shape index (κ2) is 8.56. The predicted octanol–water partition coefficient (Wildman–Crippen LogP) is 1.89. The fraction of sp³-hybridized carbons (Fsp3) is 0.556. The molecule has 23 heavy (non-hydrogen) atoms. The molecule has 1 aliphatic heterocycles. The normalized spacial score (nSPS) is 14.9. The average Bonchev–Trinajstić information content (AvgIpc) is 2.61. The fourth-order valence-corrected chi connectivity index (χ4v) is 2.93. The first-order valence-electron chi connectivity index (χ1n) is 8.51. The van der Waals surface area contributed by atoms with E-state index in [1.807, 2.05) is 36.9 Å². The molecule has 1 saturated heterocycles. The lowest BCUT2D eigenvalue weighted by Gasteiger charge is -2.36. The van der Waals surface area contributed by atoms with Crippen LogP contribution in [0.15, 0.2) is 30.3 Å². The Hall–Kier alpha value is -2.04. The maximum Gasteiger partial charge on any atom is 0.242 e. The monoisotopic (exact) mass is 317 g/mol. The summed E-state index contributed by atoms with van der Waals surface area (Å²) in [5.74, 6) is 0.0148. The minimum Gasteiger partial charge on any atom is -0.368 e. The molecule has 2 amide bonds. The lowest BCUT2D eigenvalue weighted by Crippen LogP contribution is -2.51. The Morgan fingerprint density at radius 3 is 2.22 bits per heavy atom. The van der Waals surface area contributed by atoms with E-state index in [9.17, 15) is 9.59 Å². The number of para-hydroxylation sites is 1. The molecule has 0 radical (unpaired) electrons. The second-order valence-corrected chi connectivity index (χ2v) is 5.93. The van der Waals surface area contributed by atoms with Crippen molar-refractivity contribution in [3.63, 3.8) is 0 Å². The zero-order chi connectivity index (χ0) is 16.7. The van der Waals surface area contributed by atoms with Gasteiger partial charge in [-0.3, -0.25) is 9.59 Å². The summed E-state index contributed by atoms with van der Waals surface area (Å²) in [7, 11) is 0. The smallest absolute Gasteiger partial charge is 0.242 e. The average molecular weight is 317 g/mol. The maximum absolute atomic E-state index is 12.2. The van der Waals surface area contributed by atoms with Crippen LogP contribution < -0.4 is 10.2 Å². The van der Waals surface area contributed by atoms with Crippen molar-refractivity contribution in [1.29, 1.82) is 0 Å². The van der Waals surface area contributed by atoms with Crippen molar-refractivity contribution in [2.24, 2.45) is 5.92 Å². The number of anilines is 1. The molecule has 0 atom stereocenters. The summed E-state index contributed by atoms with van der Waals surface area (Å²) in [5.41, 5.74) is 1.20. The quantitative estimate of drug-likeness (QED) is 0.872. The first-order valence-corrected chi connectivity index (χ1v) is 8.51. The van der Waals surface area contributed by atoms with E-state index < -0.39 is 0 Å². The van der Waals surface area contributed by atoms with Gasteiger partial charge in [-0.25, -0.2) is 0 Å². The van der Waals surface area contributed by atoms with Gasteiger partial charge in [-0.1, -0.05) is 32.0 Å². The molecule has 1 heterocycles. The van der Waals surface area contributed by atoms with Crippen LogP contribution in [0.2, 0.25) is 0 Å². The summed E-state index contributed by atoms with van der Waals surface area (Å²) in [4.78, 5) is 28.3. The van der Waals surface area contributed by atoms with Gasteiger partial charge in [0.2, 0.25) is 11.8 Å². The number of carbonyl (C=O) groups excluding carboxylic acids is 2. The van der Waals surface area contributed by atoms with Crippen molar-refractivity contribution in [2.45, 2.75) is 26.7 Å². The van der Waals surface area contributed by atoms with Crippen LogP contribution in [0.3, 0.4) is 0 Å². The lowest BCUT2D eigenvalue weighted by atomic mass is 10.0. The molecule has 1 aromatic rings. The Bertz CT molecular complexity index is 506. The fourth-order valence-electron chi connectivity index (χ4n) is 2.93. The molecule has 0 unspecified atom stereocenters. The topological polar surface area (TPSA) is 52.7 Å². The number of amides is 2. The Labute approximate surface area is 138 Å². The van der Waals surface area contributed by atoms with E-state index in [1.165, 1.54) is 5.69 Å². The highest BCUT2D eigenvalue weighted by Gasteiger charge is 2.22. The molecule has 5 heteroatoms. The van der Waals surface area contributed by atoms with E-state index in [0.717, 1.165) is 25.9 Å². The van der Waals surface area contributed by atoms with Gasteiger partial charge < -0.3 is 15.1 Å². The number of hydrogen-bond acceptors (Lipinski definition) is 3. The highest BCUT2D eigenvalue weighted by molar-refractivity contribution is 5.85. The van der Waals surface area contributed by atoms with Gasteiger partial charge in [-0.15, -0.1) is 0 Å². The van der Waals surface area contributed by atoms with Crippen LogP contribution >= 0.6 is 0 Å². The molecule has 1 fully saturated rings. The molecule has 1 aliphatic rings. The van der Waals surface area contributed by atoms with Gasteiger partial charge in [-0.2, -0.15) is 0 Å². The molecule has 0 bridgehead atoms. The predicted molar refractivity (Wildman–Crippen MR) is 92.3 cm³/mol. The number of nitrogens with one attached hydrogen (secondary N) is 1. The highest BCUT2D eigenvalue weighted by atomic mass is 16.2. The number of nitrogens with zero attached hydrogens (tertiary/aromatic N) is 2. The van der Waals surface area contributed by atoms with Gasteiger partial charge >= 0.3 is 0 Å². The Balaban J connectivity index is 1.76. The first kappa shape index (κ1) is 17.3. The zero-order valence-electron chi connectivity index (χ0n) is 14.1. The molecule has 0 spiro atoms. The van der Waals surface area contributed by atoms with Gasteiger partial charge in [0, 0.05) is 37.8 Å². The van der Waals surface area contributed by atoms with E-state index in [2.05, 4.69) is 22.3 Å². The zero-order valence-corrected chi connectivity index (χ0v) is 14.1. The van der Waals surface area contributed by atoms with E-state index >= 15 is 0 Å². The summed E-state index contributed by atoms with van der Waals surface area (Å²) in [6, 6.07) is 10.2. The number of carbonyl (C=O) groups is 2. The molecule has 0 aromatic heterocycles. The van der Waals surface area contributed by atoms with Gasteiger partial charge in [-0.05, 0) is 25.0 Å². The summed E-state index contributed by atoms with van der Waals surface area (Å²) in [6.45, 7) is 7.17. The molecule has 1 N–H and O–H groups in total. The summed E-state index contributed by atoms with van der Waals surface area (Å²) in [6.07, 6.45) is 1.62. The van der Waals surface area contributed by atoms with Crippen LogP contribution in [0.5, 0.6) is 0 Å². The third-order valence-corrected chi connectivity index (χ3v) is 4.52. The van der Waals surface area contributed by atoms with Crippen molar-refractivity contribution in [2.75, 3.05) is 37.6 Å². The third-order valence-electron chi connectivity index (χ3n) is 4.52. The Morgan fingerprint density at radius 2 is 1.65 bits per heavy atom. The van der Waals surface area contributed by atoms with Crippen molar-refractivity contribution < 1.29 is 9.59 Å². The lowest BCUT2D eigenvalue weighted by molar-refractivity contribution is -0.134. The van der Waals surface area contributed by atoms with Crippen molar-refractivity contribution in [1.82, 2.24) is 10.2 Å². The van der Waals surface area contributed by atoms with Crippen molar-refractivity contribution >= 4 is 17.5 Å². The van der Waals surface area contributed by atoms with Crippen LogP contribution in [0.1, 0.15) is 26.7 Å². The summed E-state index contributed by atoms with van der Waals surface area (Å²) < 4.78 is 0. The molecule has 0 aliphatic carbocycles. The van der Waals surface area contributed by atoms with Gasteiger partial charge in [0.1, 0.15) is 0 Å². The molecular weight excluding hydrogens is 290 g/mol. The Kier molecular flexibility index (Phi) is 6.44. The minimum absolute atomic E-state index is 0.00808. The molecule has 0 saturated carbocycles. The second-order valence-electron chi connectivity index (χ2n) is 5.93. The van der Waals surface area contributed by atoms with Gasteiger partial charge in [0.25, 0.3) is 0 Å². The van der Waals surface area contributed by atoms with E-state index in [-0.39, 0.29) is 24.3 Å². The number of rotatable bonds is 6. The van der Waals surface area contributed by atoms with Crippen molar-refractivity contribution in [3.05, 3.63) is 30.3 Å². The maximum atomic E-state index is 12.2. The third kappa shape index (κ3) is 4.71. The van der Waals surface area contributed by atoms with Crippen LogP contribution in [0.4, 0.5) is 5.69 Å². The largest absolute Gasteiger partial charge is 0.368 e. The van der Waals surface area contributed by atoms with Crippen LogP contribution in [-0.4, -0.2) is 49.4 Å². The van der Waals surface area contributed by atoms with Crippen LogP contribution in [0.25, 0.3) is 0 Å². The van der Waals surface area contributed by atoms with E-state index in [0.29, 0.717) is 13.1 Å². The van der Waals surface area contributed by atoms with E-state index in [1.54, 1.807) is 0 Å². The summed E-state index contributed by atoms with van der Waals surface area (Å²) in [5, 5.41) is 2.78. The number of piperazine rings is 1. The molecular formula is C18H27N3O2. The molecule has 5 nitrogen and oxygen atoms in total. The number of hydrogen-bond donors (Lipinski definition) is 1. The van der Waals surface area contributed by atoms with Crippen LogP contribution in [-0.2, 0) is 9.59 Å². The summed E-state index contributed by atoms with van der Waals surface area (Å²) >= 11 is 0. The van der Waals surface area contributed by atoms with Crippen molar-refractivity contribution in [3.8, 4) is 0 Å². The van der Waals surface area contributed by atoms with Crippen LogP contribution in [0, 0.1) is 5.92 Å². The van der Waals surface area contributed by atoms with Gasteiger partial charge in [0.15, 0.2) is 0 Å². The minimum atomic E-state index is -0.00808. The Morgan fingerprint density at radius 1 is 1.04 bits per heavy atom.